The molecular weight excluding hydrogens is 444 g/mol. The van der Waals surface area contributed by atoms with Gasteiger partial charge in [-0.15, -0.1) is 0 Å². The van der Waals surface area contributed by atoms with Crippen LogP contribution in [0, 0.1) is 34.5 Å². The first kappa shape index (κ1) is 24.5. The summed E-state index contributed by atoms with van der Waals surface area (Å²) in [4.78, 5) is 12.9. The molecule has 4 saturated carbocycles. The Balaban J connectivity index is 1.28. The van der Waals surface area contributed by atoms with E-state index in [1.54, 1.807) is 12.1 Å². The molecule has 4 fully saturated rings. The van der Waals surface area contributed by atoms with Crippen molar-refractivity contribution in [3.63, 3.8) is 0 Å². The topological polar surface area (TPSA) is 60.4 Å². The van der Waals surface area contributed by atoms with Gasteiger partial charge >= 0.3 is 0 Å². The highest BCUT2D eigenvalue weighted by atomic mass is 32.2. The van der Waals surface area contributed by atoms with E-state index in [1.807, 2.05) is 12.1 Å². The summed E-state index contributed by atoms with van der Waals surface area (Å²) in [7, 11) is -3.77. The predicted octanol–water partition coefficient (Wildman–Crippen LogP) is 6.67. The van der Waals surface area contributed by atoms with Crippen LogP contribution in [0.15, 0.2) is 29.2 Å². The van der Waals surface area contributed by atoms with Crippen molar-refractivity contribution in [1.82, 2.24) is 0 Å². The van der Waals surface area contributed by atoms with Gasteiger partial charge in [-0.3, -0.25) is 8.98 Å². The van der Waals surface area contributed by atoms with Crippen molar-refractivity contribution >= 4 is 15.9 Å². The average molecular weight is 487 g/mol. The lowest BCUT2D eigenvalue weighted by atomic mass is 9.45. The molecule has 0 heterocycles. The van der Waals surface area contributed by atoms with Crippen molar-refractivity contribution in [3.8, 4) is 0 Å². The van der Waals surface area contributed by atoms with E-state index in [-0.39, 0.29) is 27.2 Å². The number of hydrogen-bond donors (Lipinski definition) is 0. The molecule has 0 amide bonds. The molecule has 1 aromatic rings. The molecular formula is C29H42O4S. The van der Waals surface area contributed by atoms with E-state index in [9.17, 15) is 13.2 Å². The van der Waals surface area contributed by atoms with E-state index in [1.165, 1.54) is 6.42 Å². The Hall–Kier alpha value is -1.20. The second-order valence-corrected chi connectivity index (χ2v) is 14.9. The molecule has 0 N–H and O–H groups in total. The summed E-state index contributed by atoms with van der Waals surface area (Å²) in [5.74, 6) is 2.89. The Kier molecular flexibility index (Phi) is 5.88. The summed E-state index contributed by atoms with van der Waals surface area (Å²) in [5.41, 5.74) is 1.26. The summed E-state index contributed by atoms with van der Waals surface area (Å²) < 4.78 is 32.0. The zero-order valence-electron chi connectivity index (χ0n) is 21.6. The fraction of sp³-hybridized carbons (Fsp3) is 0.759. The van der Waals surface area contributed by atoms with Gasteiger partial charge in [0.25, 0.3) is 10.1 Å². The summed E-state index contributed by atoms with van der Waals surface area (Å²) in [6.07, 6.45) is 8.80. The number of ketones is 1. The molecule has 0 aliphatic heterocycles. The van der Waals surface area contributed by atoms with Gasteiger partial charge in [0.05, 0.1) is 11.0 Å². The highest BCUT2D eigenvalue weighted by Crippen LogP contribution is 2.65. The van der Waals surface area contributed by atoms with E-state index < -0.39 is 10.1 Å². The third kappa shape index (κ3) is 3.89. The minimum atomic E-state index is -3.77. The number of carbonyl (C=O) groups excluding carboxylic acids is 1. The molecule has 0 aromatic heterocycles. The van der Waals surface area contributed by atoms with Crippen molar-refractivity contribution in [2.75, 3.05) is 0 Å². The van der Waals surface area contributed by atoms with Crippen LogP contribution in [0.4, 0.5) is 0 Å². The largest absolute Gasteiger partial charge is 0.299 e. The van der Waals surface area contributed by atoms with Gasteiger partial charge in [0.2, 0.25) is 0 Å². The van der Waals surface area contributed by atoms with E-state index in [4.69, 9.17) is 4.18 Å². The fourth-order valence-electron chi connectivity index (χ4n) is 8.43. The lowest BCUT2D eigenvalue weighted by Crippen LogP contribution is -2.54. The van der Waals surface area contributed by atoms with Crippen LogP contribution in [0.1, 0.15) is 98.0 Å². The monoisotopic (exact) mass is 486 g/mol. The molecule has 188 valence electrons. The molecule has 4 aliphatic carbocycles. The molecule has 0 spiro atoms. The third-order valence-electron chi connectivity index (χ3n) is 10.6. The van der Waals surface area contributed by atoms with E-state index >= 15 is 0 Å². The summed E-state index contributed by atoms with van der Waals surface area (Å²) in [6.45, 7) is 11.1. The number of fused-ring (bicyclic) bond motifs is 5. The van der Waals surface area contributed by atoms with Crippen molar-refractivity contribution in [2.45, 2.75) is 109 Å². The minimum absolute atomic E-state index is 0.0157. The van der Waals surface area contributed by atoms with Crippen LogP contribution in [0.25, 0.3) is 0 Å². The number of Topliss-reactive ketones (excluding diaryl/α,β-unsaturated/α-hetero) is 1. The summed E-state index contributed by atoms with van der Waals surface area (Å²) in [6, 6.07) is 7.19. The molecule has 0 saturated heterocycles. The van der Waals surface area contributed by atoms with Crippen molar-refractivity contribution in [1.29, 1.82) is 0 Å². The SMILES string of the molecule is CC(C)(C)c1ccc(S(=O)(=O)O[C@@H]2CC[C@@]3(C)[C@@H](CC[C@@H]4[C@H]3CC[C@]3(C)C(=O)CC[C@@H]43)C2)cc1. The van der Waals surface area contributed by atoms with Gasteiger partial charge in [-0.2, -0.15) is 8.42 Å². The van der Waals surface area contributed by atoms with Gasteiger partial charge < -0.3 is 0 Å². The number of hydrogen-bond acceptors (Lipinski definition) is 4. The van der Waals surface area contributed by atoms with Crippen LogP contribution in [-0.2, 0) is 24.5 Å². The van der Waals surface area contributed by atoms with Gasteiger partial charge in [-0.25, -0.2) is 0 Å². The Labute approximate surface area is 206 Å². The standard InChI is InChI=1S/C29H42O4S/c1-27(2,3)19-6-9-22(10-7-19)34(31,32)33-21-14-16-28(4)20(18-21)8-11-23-24-12-13-26(30)29(24,5)17-15-25(23)28/h6-7,9-10,20-21,23-25H,8,11-18H2,1-5H3/t20-,21+,23-,24-,25+,28-,29-/m0/s1. The molecule has 0 bridgehead atoms. The molecule has 0 unspecified atom stereocenters. The Morgan fingerprint density at radius 3 is 2.29 bits per heavy atom. The number of benzene rings is 1. The molecule has 1 aromatic carbocycles. The second-order valence-electron chi connectivity index (χ2n) is 13.3. The first-order valence-corrected chi connectivity index (χ1v) is 14.8. The van der Waals surface area contributed by atoms with Crippen LogP contribution in [0.2, 0.25) is 0 Å². The van der Waals surface area contributed by atoms with Crippen molar-refractivity contribution in [2.24, 2.45) is 34.5 Å². The average Bonchev–Trinajstić information content (AvgIpc) is 3.08. The van der Waals surface area contributed by atoms with Gasteiger partial charge in [0.1, 0.15) is 5.78 Å². The maximum atomic E-state index is 13.1. The van der Waals surface area contributed by atoms with Crippen molar-refractivity contribution < 1.29 is 17.4 Å². The van der Waals surface area contributed by atoms with Gasteiger partial charge in [0.15, 0.2) is 0 Å². The first-order chi connectivity index (χ1) is 15.8. The lowest BCUT2D eigenvalue weighted by molar-refractivity contribution is -0.141. The number of rotatable bonds is 3. The van der Waals surface area contributed by atoms with Crippen LogP contribution >= 0.6 is 0 Å². The van der Waals surface area contributed by atoms with E-state index in [2.05, 4.69) is 34.6 Å². The Morgan fingerprint density at radius 1 is 0.912 bits per heavy atom. The number of carbonyl (C=O) groups is 1. The molecule has 7 atom stereocenters. The molecule has 5 heteroatoms. The van der Waals surface area contributed by atoms with E-state index in [0.29, 0.717) is 29.5 Å². The maximum absolute atomic E-state index is 13.1. The molecule has 34 heavy (non-hydrogen) atoms. The highest BCUT2D eigenvalue weighted by molar-refractivity contribution is 7.86. The smallest absolute Gasteiger partial charge is 0.297 e. The van der Waals surface area contributed by atoms with Gasteiger partial charge in [-0.05, 0) is 104 Å². The van der Waals surface area contributed by atoms with Crippen LogP contribution in [0.5, 0.6) is 0 Å². The highest BCUT2D eigenvalue weighted by Gasteiger charge is 2.60. The Bertz CT molecular complexity index is 1050. The zero-order chi connectivity index (χ0) is 24.5. The van der Waals surface area contributed by atoms with Crippen LogP contribution < -0.4 is 0 Å². The zero-order valence-corrected chi connectivity index (χ0v) is 22.4. The molecule has 4 aliphatic rings. The third-order valence-corrected chi connectivity index (χ3v) is 12.0. The fourth-order valence-corrected chi connectivity index (χ4v) is 9.55. The minimum Gasteiger partial charge on any atom is -0.299 e. The predicted molar refractivity (Wildman–Crippen MR) is 134 cm³/mol. The normalized spacial score (nSPS) is 40.4. The Morgan fingerprint density at radius 2 is 1.62 bits per heavy atom. The van der Waals surface area contributed by atoms with E-state index in [0.717, 1.165) is 56.9 Å². The van der Waals surface area contributed by atoms with Crippen LogP contribution in [0.3, 0.4) is 0 Å². The van der Waals surface area contributed by atoms with Crippen LogP contribution in [-0.4, -0.2) is 20.3 Å². The quantitative estimate of drug-likeness (QED) is 0.448. The maximum Gasteiger partial charge on any atom is 0.297 e. The second kappa shape index (κ2) is 8.16. The molecule has 5 rings (SSSR count). The van der Waals surface area contributed by atoms with Gasteiger partial charge in [0, 0.05) is 11.8 Å². The summed E-state index contributed by atoms with van der Waals surface area (Å²) in [5, 5.41) is 0. The molecule has 0 radical (unpaired) electrons. The first-order valence-electron chi connectivity index (χ1n) is 13.4. The molecule has 4 nitrogen and oxygen atoms in total. The summed E-state index contributed by atoms with van der Waals surface area (Å²) >= 11 is 0. The lowest BCUT2D eigenvalue weighted by Gasteiger charge is -2.60. The van der Waals surface area contributed by atoms with Gasteiger partial charge in [-0.1, -0.05) is 46.8 Å². The van der Waals surface area contributed by atoms with Crippen molar-refractivity contribution in [3.05, 3.63) is 29.8 Å².